The minimum Gasteiger partial charge on any atom is -0.485 e. The monoisotopic (exact) mass is 352 g/mol. The lowest BCUT2D eigenvalue weighted by atomic mass is 9.99. The molecule has 0 saturated heterocycles. The molecule has 0 aliphatic carbocycles. The molecule has 20 heavy (non-hydrogen) atoms. The van der Waals surface area contributed by atoms with Gasteiger partial charge in [0.25, 0.3) is 0 Å². The van der Waals surface area contributed by atoms with Crippen LogP contribution in [0, 0.1) is 0 Å². The standard InChI is InChI=1S/C16H17BrO2S/c1-3-11(2)12-4-6-13(7-5-12)19-10-14(18)15-8-9-16(17)20-15/h4-9,11H,3,10H2,1-2H3. The highest BCUT2D eigenvalue weighted by Gasteiger charge is 2.10. The number of rotatable bonds is 6. The van der Waals surface area contributed by atoms with E-state index in [0.717, 1.165) is 16.0 Å². The highest BCUT2D eigenvalue weighted by Crippen LogP contribution is 2.24. The van der Waals surface area contributed by atoms with Crippen LogP contribution in [0.3, 0.4) is 0 Å². The summed E-state index contributed by atoms with van der Waals surface area (Å²) in [6.07, 6.45) is 1.12. The van der Waals surface area contributed by atoms with Gasteiger partial charge in [-0.1, -0.05) is 26.0 Å². The molecular weight excluding hydrogens is 336 g/mol. The van der Waals surface area contributed by atoms with Gasteiger partial charge in [0, 0.05) is 0 Å². The number of ether oxygens (including phenoxy) is 1. The molecule has 1 heterocycles. The first-order valence-corrected chi connectivity index (χ1v) is 8.22. The molecule has 0 amide bonds. The van der Waals surface area contributed by atoms with Crippen LogP contribution in [0.25, 0.3) is 0 Å². The molecule has 106 valence electrons. The smallest absolute Gasteiger partial charge is 0.210 e. The number of carbonyl (C=O) groups excluding carboxylic acids is 1. The molecule has 1 unspecified atom stereocenters. The van der Waals surface area contributed by atoms with Crippen molar-refractivity contribution >= 4 is 33.0 Å². The van der Waals surface area contributed by atoms with Crippen molar-refractivity contribution < 1.29 is 9.53 Å². The van der Waals surface area contributed by atoms with E-state index < -0.39 is 0 Å². The number of Topliss-reactive ketones (excluding diaryl/α,β-unsaturated/α-hetero) is 1. The Kier molecular flexibility index (Phi) is 5.38. The highest BCUT2D eigenvalue weighted by molar-refractivity contribution is 9.11. The Morgan fingerprint density at radius 3 is 2.50 bits per heavy atom. The van der Waals surface area contributed by atoms with Gasteiger partial charge in [0.05, 0.1) is 8.66 Å². The lowest BCUT2D eigenvalue weighted by molar-refractivity contribution is 0.0925. The third kappa shape index (κ3) is 3.93. The van der Waals surface area contributed by atoms with E-state index in [1.165, 1.54) is 16.9 Å². The number of carbonyl (C=O) groups is 1. The Morgan fingerprint density at radius 1 is 1.25 bits per heavy atom. The Bertz CT molecular complexity index is 574. The lowest BCUT2D eigenvalue weighted by Gasteiger charge is -2.10. The molecule has 2 aromatic rings. The van der Waals surface area contributed by atoms with Crippen molar-refractivity contribution in [2.24, 2.45) is 0 Å². The molecule has 1 aromatic carbocycles. The fourth-order valence-corrected chi connectivity index (χ4v) is 3.12. The number of thiophene rings is 1. The van der Waals surface area contributed by atoms with Crippen molar-refractivity contribution in [3.8, 4) is 5.75 Å². The molecule has 0 fully saturated rings. The van der Waals surface area contributed by atoms with Gasteiger partial charge in [0.1, 0.15) is 5.75 Å². The van der Waals surface area contributed by atoms with E-state index in [0.29, 0.717) is 10.8 Å². The van der Waals surface area contributed by atoms with E-state index in [1.807, 2.05) is 24.3 Å². The normalized spacial score (nSPS) is 12.2. The van der Waals surface area contributed by atoms with Gasteiger partial charge in [-0.2, -0.15) is 0 Å². The lowest BCUT2D eigenvalue weighted by Crippen LogP contribution is -2.10. The first-order chi connectivity index (χ1) is 9.60. The van der Waals surface area contributed by atoms with Crippen LogP contribution >= 0.6 is 27.3 Å². The number of hydrogen-bond acceptors (Lipinski definition) is 3. The Balaban J connectivity index is 1.92. The number of benzene rings is 1. The van der Waals surface area contributed by atoms with Crippen molar-refractivity contribution in [2.45, 2.75) is 26.2 Å². The summed E-state index contributed by atoms with van der Waals surface area (Å²) in [6.45, 7) is 4.45. The number of halogens is 1. The van der Waals surface area contributed by atoms with Gasteiger partial charge in [-0.05, 0) is 58.1 Å². The largest absolute Gasteiger partial charge is 0.485 e. The maximum atomic E-state index is 11.9. The van der Waals surface area contributed by atoms with Gasteiger partial charge in [0.2, 0.25) is 5.78 Å². The summed E-state index contributed by atoms with van der Waals surface area (Å²) in [5.41, 5.74) is 1.30. The third-order valence-electron chi connectivity index (χ3n) is 3.28. The van der Waals surface area contributed by atoms with Crippen LogP contribution in [0.2, 0.25) is 0 Å². The average molecular weight is 353 g/mol. The van der Waals surface area contributed by atoms with Gasteiger partial charge in [-0.25, -0.2) is 0 Å². The zero-order valence-electron chi connectivity index (χ0n) is 11.6. The molecule has 0 aliphatic rings. The van der Waals surface area contributed by atoms with Gasteiger partial charge >= 0.3 is 0 Å². The fraction of sp³-hybridized carbons (Fsp3) is 0.312. The quantitative estimate of drug-likeness (QED) is 0.660. The van der Waals surface area contributed by atoms with E-state index in [2.05, 4.69) is 41.9 Å². The number of hydrogen-bond donors (Lipinski definition) is 0. The van der Waals surface area contributed by atoms with Crippen LogP contribution in [0.15, 0.2) is 40.2 Å². The predicted octanol–water partition coefficient (Wildman–Crippen LogP) is 5.29. The molecule has 2 nitrogen and oxygen atoms in total. The third-order valence-corrected chi connectivity index (χ3v) is 4.94. The summed E-state index contributed by atoms with van der Waals surface area (Å²) in [5, 5.41) is 0. The van der Waals surface area contributed by atoms with E-state index in [4.69, 9.17) is 4.74 Å². The van der Waals surface area contributed by atoms with Crippen LogP contribution in [-0.4, -0.2) is 12.4 Å². The summed E-state index contributed by atoms with van der Waals surface area (Å²) in [4.78, 5) is 12.6. The molecule has 4 heteroatoms. The zero-order valence-corrected chi connectivity index (χ0v) is 14.0. The van der Waals surface area contributed by atoms with Crippen LogP contribution < -0.4 is 4.74 Å². The summed E-state index contributed by atoms with van der Waals surface area (Å²) >= 11 is 4.78. The van der Waals surface area contributed by atoms with Crippen LogP contribution in [0.1, 0.15) is 41.4 Å². The molecule has 0 saturated carbocycles. The summed E-state index contributed by atoms with van der Waals surface area (Å²) in [5.74, 6) is 1.29. The Hall–Kier alpha value is -1.13. The predicted molar refractivity (Wildman–Crippen MR) is 87.0 cm³/mol. The van der Waals surface area contributed by atoms with Crippen LogP contribution in [0.4, 0.5) is 0 Å². The van der Waals surface area contributed by atoms with Crippen molar-refractivity contribution in [1.29, 1.82) is 0 Å². The second-order valence-electron chi connectivity index (χ2n) is 4.69. The van der Waals surface area contributed by atoms with E-state index in [-0.39, 0.29) is 12.4 Å². The first kappa shape index (κ1) is 15.3. The van der Waals surface area contributed by atoms with E-state index >= 15 is 0 Å². The molecular formula is C16H17BrO2S. The second kappa shape index (κ2) is 7.04. The van der Waals surface area contributed by atoms with Crippen molar-refractivity contribution in [1.82, 2.24) is 0 Å². The molecule has 0 aliphatic heterocycles. The zero-order chi connectivity index (χ0) is 14.5. The fourth-order valence-electron chi connectivity index (χ4n) is 1.81. The van der Waals surface area contributed by atoms with E-state index in [1.54, 1.807) is 0 Å². The second-order valence-corrected chi connectivity index (χ2v) is 7.16. The van der Waals surface area contributed by atoms with Crippen molar-refractivity contribution in [3.63, 3.8) is 0 Å². The molecule has 0 radical (unpaired) electrons. The summed E-state index contributed by atoms with van der Waals surface area (Å²) in [6, 6.07) is 11.7. The maximum Gasteiger partial charge on any atom is 0.210 e. The van der Waals surface area contributed by atoms with Crippen molar-refractivity contribution in [3.05, 3.63) is 50.6 Å². The SMILES string of the molecule is CCC(C)c1ccc(OCC(=O)c2ccc(Br)s2)cc1. The highest BCUT2D eigenvalue weighted by atomic mass is 79.9. The molecule has 0 bridgehead atoms. The van der Waals surface area contributed by atoms with Gasteiger partial charge in [0.15, 0.2) is 6.61 Å². The number of ketones is 1. The first-order valence-electron chi connectivity index (χ1n) is 6.61. The van der Waals surface area contributed by atoms with Crippen LogP contribution in [0.5, 0.6) is 5.75 Å². The Labute approximate surface area is 131 Å². The maximum absolute atomic E-state index is 11.9. The molecule has 0 N–H and O–H groups in total. The summed E-state index contributed by atoms with van der Waals surface area (Å²) < 4.78 is 6.50. The topological polar surface area (TPSA) is 26.3 Å². The van der Waals surface area contributed by atoms with E-state index in [9.17, 15) is 4.79 Å². The van der Waals surface area contributed by atoms with Crippen LogP contribution in [-0.2, 0) is 0 Å². The van der Waals surface area contributed by atoms with Crippen molar-refractivity contribution in [2.75, 3.05) is 6.61 Å². The van der Waals surface area contributed by atoms with Gasteiger partial charge in [-0.15, -0.1) is 11.3 Å². The van der Waals surface area contributed by atoms with Gasteiger partial charge in [-0.3, -0.25) is 4.79 Å². The minimum absolute atomic E-state index is 0.00621. The Morgan fingerprint density at radius 2 is 1.95 bits per heavy atom. The molecule has 0 spiro atoms. The molecule has 2 rings (SSSR count). The van der Waals surface area contributed by atoms with Gasteiger partial charge < -0.3 is 4.74 Å². The minimum atomic E-state index is 0.00621. The average Bonchev–Trinajstić information content (AvgIpc) is 2.91. The summed E-state index contributed by atoms with van der Waals surface area (Å²) in [7, 11) is 0. The molecule has 1 atom stereocenters. The molecule has 1 aromatic heterocycles.